The van der Waals surface area contributed by atoms with Crippen molar-refractivity contribution in [3.05, 3.63) is 33.8 Å². The molecule has 0 aromatic heterocycles. The van der Waals surface area contributed by atoms with Crippen molar-refractivity contribution < 1.29 is 0 Å². The number of hydrogen-bond acceptors (Lipinski definition) is 1. The fraction of sp³-hybridized carbons (Fsp3) is 0.647. The summed E-state index contributed by atoms with van der Waals surface area (Å²) in [6.07, 6.45) is 5.26. The van der Waals surface area contributed by atoms with Crippen molar-refractivity contribution in [1.82, 2.24) is 5.32 Å². The van der Waals surface area contributed by atoms with Crippen molar-refractivity contribution in [2.24, 2.45) is 11.8 Å². The third-order valence-electron chi connectivity index (χ3n) is 4.24. The van der Waals surface area contributed by atoms with Crippen molar-refractivity contribution in [2.45, 2.75) is 45.4 Å². The molecule has 0 bridgehead atoms. The summed E-state index contributed by atoms with van der Waals surface area (Å²) in [4.78, 5) is 0. The van der Waals surface area contributed by atoms with Gasteiger partial charge >= 0.3 is 0 Å². The third-order valence-corrected chi connectivity index (χ3v) is 4.98. The average Bonchev–Trinajstić information content (AvgIpc) is 2.42. The van der Waals surface area contributed by atoms with Crippen molar-refractivity contribution in [3.63, 3.8) is 0 Å². The molecule has 0 saturated heterocycles. The standard InChI is InChI=1S/C17H25Cl2N/c1-12(2)10-20-11-14-5-3-4-6-15(14)13-7-8-16(18)17(19)9-13/h7-9,12,14-15,20H,3-6,10-11H2,1-2H3. The highest BCUT2D eigenvalue weighted by Gasteiger charge is 2.26. The quantitative estimate of drug-likeness (QED) is 0.755. The average molecular weight is 314 g/mol. The van der Waals surface area contributed by atoms with Crippen LogP contribution in [0.1, 0.15) is 51.0 Å². The van der Waals surface area contributed by atoms with Crippen LogP contribution in [0.5, 0.6) is 0 Å². The molecule has 0 aliphatic heterocycles. The van der Waals surface area contributed by atoms with Crippen LogP contribution >= 0.6 is 23.2 Å². The van der Waals surface area contributed by atoms with E-state index in [1.165, 1.54) is 31.2 Å². The molecule has 112 valence electrons. The maximum absolute atomic E-state index is 6.18. The normalized spacial score (nSPS) is 23.2. The van der Waals surface area contributed by atoms with Crippen LogP contribution in [0.3, 0.4) is 0 Å². The van der Waals surface area contributed by atoms with Gasteiger partial charge in [0.05, 0.1) is 10.0 Å². The van der Waals surface area contributed by atoms with Gasteiger partial charge in [-0.2, -0.15) is 0 Å². The molecule has 0 spiro atoms. The van der Waals surface area contributed by atoms with Gasteiger partial charge in [0.2, 0.25) is 0 Å². The highest BCUT2D eigenvalue weighted by Crippen LogP contribution is 2.39. The maximum Gasteiger partial charge on any atom is 0.0595 e. The van der Waals surface area contributed by atoms with Gasteiger partial charge < -0.3 is 5.32 Å². The summed E-state index contributed by atoms with van der Waals surface area (Å²) in [6, 6.07) is 6.15. The lowest BCUT2D eigenvalue weighted by Gasteiger charge is -2.32. The second-order valence-electron chi connectivity index (χ2n) is 6.38. The van der Waals surface area contributed by atoms with E-state index in [0.717, 1.165) is 19.0 Å². The number of rotatable bonds is 5. The maximum atomic E-state index is 6.18. The van der Waals surface area contributed by atoms with E-state index in [4.69, 9.17) is 23.2 Å². The number of hydrogen-bond donors (Lipinski definition) is 1. The van der Waals surface area contributed by atoms with Gasteiger partial charge in [0.15, 0.2) is 0 Å². The number of halogens is 2. The van der Waals surface area contributed by atoms with E-state index in [1.807, 2.05) is 6.07 Å². The minimum absolute atomic E-state index is 0.623. The van der Waals surface area contributed by atoms with Crippen LogP contribution < -0.4 is 5.32 Å². The van der Waals surface area contributed by atoms with Crippen LogP contribution in [-0.4, -0.2) is 13.1 Å². The van der Waals surface area contributed by atoms with Gasteiger partial charge in [-0.05, 0) is 61.4 Å². The van der Waals surface area contributed by atoms with Gasteiger partial charge in [-0.1, -0.05) is 56.0 Å². The molecule has 1 aliphatic rings. The van der Waals surface area contributed by atoms with Crippen LogP contribution in [0.15, 0.2) is 18.2 Å². The molecule has 0 heterocycles. The molecule has 0 radical (unpaired) electrons. The summed E-state index contributed by atoms with van der Waals surface area (Å²) in [5.74, 6) is 2.06. The fourth-order valence-electron chi connectivity index (χ4n) is 3.19. The lowest BCUT2D eigenvalue weighted by atomic mass is 9.75. The van der Waals surface area contributed by atoms with E-state index in [0.29, 0.717) is 21.9 Å². The van der Waals surface area contributed by atoms with Crippen LogP contribution in [0.25, 0.3) is 0 Å². The first kappa shape index (κ1) is 16.1. The molecule has 20 heavy (non-hydrogen) atoms. The summed E-state index contributed by atoms with van der Waals surface area (Å²) < 4.78 is 0. The molecule has 1 aliphatic carbocycles. The molecule has 0 amide bonds. The lowest BCUT2D eigenvalue weighted by molar-refractivity contribution is 0.292. The van der Waals surface area contributed by atoms with Crippen LogP contribution in [0, 0.1) is 11.8 Å². The molecule has 3 heteroatoms. The van der Waals surface area contributed by atoms with Crippen molar-refractivity contribution in [3.8, 4) is 0 Å². The fourth-order valence-corrected chi connectivity index (χ4v) is 3.50. The smallest absolute Gasteiger partial charge is 0.0595 e. The largest absolute Gasteiger partial charge is 0.316 e. The molecule has 1 nitrogen and oxygen atoms in total. The second kappa shape index (κ2) is 7.68. The summed E-state index contributed by atoms with van der Waals surface area (Å²) >= 11 is 12.2. The first-order valence-electron chi connectivity index (χ1n) is 7.73. The van der Waals surface area contributed by atoms with E-state index < -0.39 is 0 Å². The topological polar surface area (TPSA) is 12.0 Å². The van der Waals surface area contributed by atoms with Gasteiger partial charge in [-0.25, -0.2) is 0 Å². The highest BCUT2D eigenvalue weighted by atomic mass is 35.5. The van der Waals surface area contributed by atoms with Crippen LogP contribution in [-0.2, 0) is 0 Å². The summed E-state index contributed by atoms with van der Waals surface area (Å²) in [6.45, 7) is 6.72. The Balaban J connectivity index is 2.03. The molecule has 2 atom stereocenters. The summed E-state index contributed by atoms with van der Waals surface area (Å²) in [7, 11) is 0. The molecule has 2 unspecified atom stereocenters. The molecule has 1 aromatic carbocycles. The summed E-state index contributed by atoms with van der Waals surface area (Å²) in [5.41, 5.74) is 1.36. The lowest BCUT2D eigenvalue weighted by Crippen LogP contribution is -2.31. The first-order chi connectivity index (χ1) is 9.58. The van der Waals surface area contributed by atoms with Crippen molar-refractivity contribution >= 4 is 23.2 Å². The van der Waals surface area contributed by atoms with Gasteiger partial charge in [0, 0.05) is 0 Å². The number of benzene rings is 1. The molecular formula is C17H25Cl2N. The Bertz CT molecular complexity index is 431. The predicted octanol–water partition coefficient (Wildman–Crippen LogP) is 5.51. The van der Waals surface area contributed by atoms with Crippen molar-refractivity contribution in [1.29, 1.82) is 0 Å². The zero-order chi connectivity index (χ0) is 14.5. The Morgan fingerprint density at radius 1 is 1.15 bits per heavy atom. The van der Waals surface area contributed by atoms with Crippen LogP contribution in [0.2, 0.25) is 10.0 Å². The van der Waals surface area contributed by atoms with E-state index in [9.17, 15) is 0 Å². The molecule has 1 aromatic rings. The molecular weight excluding hydrogens is 289 g/mol. The van der Waals surface area contributed by atoms with E-state index >= 15 is 0 Å². The molecule has 1 fully saturated rings. The predicted molar refractivity (Wildman–Crippen MR) is 88.9 cm³/mol. The first-order valence-corrected chi connectivity index (χ1v) is 8.49. The second-order valence-corrected chi connectivity index (χ2v) is 7.19. The third kappa shape index (κ3) is 4.38. The Morgan fingerprint density at radius 2 is 1.90 bits per heavy atom. The van der Waals surface area contributed by atoms with Gasteiger partial charge in [0.1, 0.15) is 0 Å². The molecule has 2 rings (SSSR count). The molecule has 1 N–H and O–H groups in total. The SMILES string of the molecule is CC(C)CNCC1CCCCC1c1ccc(Cl)c(Cl)c1. The zero-order valence-corrected chi connectivity index (χ0v) is 14.0. The van der Waals surface area contributed by atoms with Crippen LogP contribution in [0.4, 0.5) is 0 Å². The zero-order valence-electron chi connectivity index (χ0n) is 12.5. The highest BCUT2D eigenvalue weighted by molar-refractivity contribution is 6.42. The monoisotopic (exact) mass is 313 g/mol. The van der Waals surface area contributed by atoms with Gasteiger partial charge in [-0.15, -0.1) is 0 Å². The Morgan fingerprint density at radius 3 is 2.60 bits per heavy atom. The van der Waals surface area contributed by atoms with Gasteiger partial charge in [0.25, 0.3) is 0 Å². The van der Waals surface area contributed by atoms with Gasteiger partial charge in [-0.3, -0.25) is 0 Å². The number of nitrogens with one attached hydrogen (secondary N) is 1. The van der Waals surface area contributed by atoms with E-state index in [1.54, 1.807) is 0 Å². The van der Waals surface area contributed by atoms with E-state index in [2.05, 4.69) is 31.3 Å². The Labute approximate surface area is 133 Å². The minimum atomic E-state index is 0.623. The Hall–Kier alpha value is -0.240. The van der Waals surface area contributed by atoms with Crippen molar-refractivity contribution in [2.75, 3.05) is 13.1 Å². The van der Waals surface area contributed by atoms with E-state index in [-0.39, 0.29) is 0 Å². The Kier molecular flexibility index (Phi) is 6.20. The summed E-state index contributed by atoms with van der Waals surface area (Å²) in [5, 5.41) is 4.96. The molecule has 1 saturated carbocycles. The minimum Gasteiger partial charge on any atom is -0.316 e.